The van der Waals surface area contributed by atoms with Gasteiger partial charge in [-0.05, 0) is 19.0 Å². The Hall–Kier alpha value is -1.46. The molecular weight excluding hydrogens is 244 g/mol. The molecule has 1 aliphatic rings. The lowest BCUT2D eigenvalue weighted by Crippen LogP contribution is -2.33. The minimum atomic E-state index is -0.495. The van der Waals surface area contributed by atoms with Crippen molar-refractivity contribution in [3.05, 3.63) is 39.4 Å². The molecule has 2 rings (SSSR count). The first-order valence-electron chi connectivity index (χ1n) is 5.07. The summed E-state index contributed by atoms with van der Waals surface area (Å²) >= 11 is 0. The molecule has 0 radical (unpaired) electrons. The van der Waals surface area contributed by atoms with Gasteiger partial charge in [-0.25, -0.2) is 0 Å². The van der Waals surface area contributed by atoms with Crippen LogP contribution in [0.3, 0.4) is 0 Å². The third-order valence-corrected chi connectivity index (χ3v) is 3.00. The van der Waals surface area contributed by atoms with Gasteiger partial charge in [0.1, 0.15) is 6.29 Å². The van der Waals surface area contributed by atoms with Gasteiger partial charge in [0.25, 0.3) is 5.69 Å². The quantitative estimate of drug-likeness (QED) is 0.459. The Labute approximate surface area is 105 Å². The average molecular weight is 257 g/mol. The second-order valence-electron chi connectivity index (χ2n) is 3.92. The molecule has 5 nitrogen and oxygen atoms in total. The SMILES string of the molecule is CN1CCc2cccc([N+](=O)[O-])c2C1C=O.Cl. The zero-order valence-electron chi connectivity index (χ0n) is 9.33. The van der Waals surface area contributed by atoms with Crippen molar-refractivity contribution >= 4 is 24.4 Å². The molecule has 0 N–H and O–H groups in total. The fraction of sp³-hybridized carbons (Fsp3) is 0.364. The molecular formula is C11H13ClN2O3. The summed E-state index contributed by atoms with van der Waals surface area (Å²) in [5.41, 5.74) is 1.50. The first-order valence-corrected chi connectivity index (χ1v) is 5.07. The van der Waals surface area contributed by atoms with E-state index in [1.807, 2.05) is 11.0 Å². The van der Waals surface area contributed by atoms with E-state index < -0.39 is 11.0 Å². The van der Waals surface area contributed by atoms with Crippen molar-refractivity contribution in [3.8, 4) is 0 Å². The molecule has 1 aromatic carbocycles. The topological polar surface area (TPSA) is 63.4 Å². The van der Waals surface area contributed by atoms with Crippen LogP contribution in [0.4, 0.5) is 5.69 Å². The maximum absolute atomic E-state index is 11.0. The lowest BCUT2D eigenvalue weighted by molar-refractivity contribution is -0.386. The molecule has 1 atom stereocenters. The Morgan fingerprint density at radius 3 is 2.82 bits per heavy atom. The summed E-state index contributed by atoms with van der Waals surface area (Å²) in [7, 11) is 1.80. The second kappa shape index (κ2) is 5.25. The maximum atomic E-state index is 11.0. The van der Waals surface area contributed by atoms with Gasteiger partial charge in [0.05, 0.1) is 16.5 Å². The van der Waals surface area contributed by atoms with Crippen molar-refractivity contribution in [2.75, 3.05) is 13.6 Å². The second-order valence-corrected chi connectivity index (χ2v) is 3.92. The van der Waals surface area contributed by atoms with Crippen molar-refractivity contribution in [2.24, 2.45) is 0 Å². The number of hydrogen-bond donors (Lipinski definition) is 0. The molecule has 0 saturated heterocycles. The molecule has 1 aliphatic heterocycles. The van der Waals surface area contributed by atoms with Crippen molar-refractivity contribution < 1.29 is 9.72 Å². The normalized spacial score (nSPS) is 19.0. The zero-order valence-corrected chi connectivity index (χ0v) is 10.1. The van der Waals surface area contributed by atoms with Crippen molar-refractivity contribution in [1.29, 1.82) is 0 Å². The van der Waals surface area contributed by atoms with Crippen LogP contribution < -0.4 is 0 Å². The highest BCUT2D eigenvalue weighted by Crippen LogP contribution is 2.34. The largest absolute Gasteiger partial charge is 0.301 e. The van der Waals surface area contributed by atoms with Crippen LogP contribution in [0.2, 0.25) is 0 Å². The van der Waals surface area contributed by atoms with E-state index in [0.717, 1.165) is 24.8 Å². The molecule has 0 aromatic heterocycles. The number of rotatable bonds is 2. The fourth-order valence-electron chi connectivity index (χ4n) is 2.15. The van der Waals surface area contributed by atoms with E-state index in [9.17, 15) is 14.9 Å². The predicted octanol–water partition coefficient (Wildman–Crippen LogP) is 1.74. The number of carbonyl (C=O) groups excluding carboxylic acids is 1. The summed E-state index contributed by atoms with van der Waals surface area (Å²) in [4.78, 5) is 23.4. The molecule has 0 aliphatic carbocycles. The van der Waals surface area contributed by atoms with Crippen molar-refractivity contribution in [1.82, 2.24) is 4.90 Å². The first-order chi connectivity index (χ1) is 7.65. The molecule has 1 heterocycles. The van der Waals surface area contributed by atoms with Gasteiger partial charge in [0.15, 0.2) is 0 Å². The van der Waals surface area contributed by atoms with Gasteiger partial charge in [-0.2, -0.15) is 0 Å². The van der Waals surface area contributed by atoms with Gasteiger partial charge >= 0.3 is 0 Å². The number of carbonyl (C=O) groups is 1. The number of nitro benzene ring substituents is 1. The maximum Gasteiger partial charge on any atom is 0.274 e. The summed E-state index contributed by atoms with van der Waals surface area (Å²) < 4.78 is 0. The van der Waals surface area contributed by atoms with Crippen LogP contribution in [0.25, 0.3) is 0 Å². The smallest absolute Gasteiger partial charge is 0.274 e. The summed E-state index contributed by atoms with van der Waals surface area (Å²) in [6, 6.07) is 4.48. The van der Waals surface area contributed by atoms with Crippen LogP contribution in [0.5, 0.6) is 0 Å². The van der Waals surface area contributed by atoms with E-state index in [2.05, 4.69) is 0 Å². The third-order valence-electron chi connectivity index (χ3n) is 3.00. The highest BCUT2D eigenvalue weighted by atomic mass is 35.5. The van der Waals surface area contributed by atoms with Crippen LogP contribution in [-0.2, 0) is 11.2 Å². The number of fused-ring (bicyclic) bond motifs is 1. The number of halogens is 1. The Kier molecular flexibility index (Phi) is 4.20. The van der Waals surface area contributed by atoms with Gasteiger partial charge in [0.2, 0.25) is 0 Å². The van der Waals surface area contributed by atoms with Gasteiger partial charge in [0, 0.05) is 12.6 Å². The summed E-state index contributed by atoms with van der Waals surface area (Å²) in [5.74, 6) is 0. The molecule has 0 fully saturated rings. The lowest BCUT2D eigenvalue weighted by Gasteiger charge is -2.30. The molecule has 17 heavy (non-hydrogen) atoms. The minimum absolute atomic E-state index is 0. The van der Waals surface area contributed by atoms with Crippen LogP contribution in [-0.4, -0.2) is 29.7 Å². The number of aldehydes is 1. The van der Waals surface area contributed by atoms with E-state index in [-0.39, 0.29) is 18.1 Å². The van der Waals surface area contributed by atoms with E-state index >= 15 is 0 Å². The van der Waals surface area contributed by atoms with E-state index in [4.69, 9.17) is 0 Å². The lowest BCUT2D eigenvalue weighted by atomic mass is 9.92. The van der Waals surface area contributed by atoms with Crippen molar-refractivity contribution in [3.63, 3.8) is 0 Å². The summed E-state index contributed by atoms with van der Waals surface area (Å²) in [6.07, 6.45) is 1.52. The highest BCUT2D eigenvalue weighted by Gasteiger charge is 2.31. The zero-order chi connectivity index (χ0) is 11.7. The molecule has 1 unspecified atom stereocenters. The number of likely N-dealkylation sites (N-methyl/N-ethyl adjacent to an activating group) is 1. The molecule has 0 bridgehead atoms. The third kappa shape index (κ3) is 2.30. The Morgan fingerprint density at radius 1 is 1.53 bits per heavy atom. The molecule has 6 heteroatoms. The summed E-state index contributed by atoms with van der Waals surface area (Å²) in [6.45, 7) is 0.748. The Bertz CT molecular complexity index is 450. The first kappa shape index (κ1) is 13.6. The van der Waals surface area contributed by atoms with E-state index in [0.29, 0.717) is 5.56 Å². The van der Waals surface area contributed by atoms with Crippen LogP contribution in [0.1, 0.15) is 17.2 Å². The molecule has 0 amide bonds. The van der Waals surface area contributed by atoms with Crippen LogP contribution >= 0.6 is 12.4 Å². The number of hydrogen-bond acceptors (Lipinski definition) is 4. The van der Waals surface area contributed by atoms with E-state index in [1.54, 1.807) is 13.1 Å². The number of nitrogens with zero attached hydrogens (tertiary/aromatic N) is 2. The Balaban J connectivity index is 0.00000144. The van der Waals surface area contributed by atoms with Gasteiger partial charge in [-0.3, -0.25) is 15.0 Å². The van der Waals surface area contributed by atoms with Crippen molar-refractivity contribution in [2.45, 2.75) is 12.5 Å². The van der Waals surface area contributed by atoms with Gasteiger partial charge < -0.3 is 4.79 Å². The average Bonchev–Trinajstić information content (AvgIpc) is 2.28. The predicted molar refractivity (Wildman–Crippen MR) is 65.5 cm³/mol. The number of nitro groups is 1. The van der Waals surface area contributed by atoms with Crippen LogP contribution in [0, 0.1) is 10.1 Å². The standard InChI is InChI=1S/C11H12N2O3.ClH/c1-12-6-5-8-3-2-4-9(13(15)16)11(8)10(12)7-14;/h2-4,7,10H,5-6H2,1H3;1H. The van der Waals surface area contributed by atoms with E-state index in [1.165, 1.54) is 6.07 Å². The van der Waals surface area contributed by atoms with Gasteiger partial charge in [-0.1, -0.05) is 12.1 Å². The highest BCUT2D eigenvalue weighted by molar-refractivity contribution is 5.85. The molecule has 0 saturated carbocycles. The molecule has 0 spiro atoms. The molecule has 92 valence electrons. The number of benzene rings is 1. The molecule has 1 aromatic rings. The fourth-order valence-corrected chi connectivity index (χ4v) is 2.15. The summed E-state index contributed by atoms with van der Waals surface area (Å²) in [5, 5.41) is 10.9. The minimum Gasteiger partial charge on any atom is -0.301 e. The van der Waals surface area contributed by atoms with Crippen LogP contribution in [0.15, 0.2) is 18.2 Å². The van der Waals surface area contributed by atoms with Gasteiger partial charge in [-0.15, -0.1) is 12.4 Å². The Morgan fingerprint density at radius 2 is 2.24 bits per heavy atom. The monoisotopic (exact) mass is 256 g/mol.